The van der Waals surface area contributed by atoms with Crippen molar-refractivity contribution in [3.05, 3.63) is 78.4 Å². The number of ether oxygens (including phenoxy) is 1. The van der Waals surface area contributed by atoms with E-state index in [9.17, 15) is 22.9 Å². The minimum absolute atomic E-state index is 0. The normalized spacial score (nSPS) is 11.3. The first-order chi connectivity index (χ1) is 16.7. The minimum Gasteiger partial charge on any atom is -0.505 e. The van der Waals surface area contributed by atoms with Crippen molar-refractivity contribution in [2.24, 2.45) is 10.2 Å². The van der Waals surface area contributed by atoms with Gasteiger partial charge in [-0.15, -0.1) is 10.2 Å². The van der Waals surface area contributed by atoms with Crippen molar-refractivity contribution in [3.63, 3.8) is 0 Å². The van der Waals surface area contributed by atoms with E-state index in [1.54, 1.807) is 48.5 Å². The van der Waals surface area contributed by atoms with E-state index in [1.165, 1.54) is 25.3 Å². The van der Waals surface area contributed by atoms with Gasteiger partial charge < -0.3 is 20.9 Å². The fraction of sp³-hybridized carbons (Fsp3) is 0.0417. The van der Waals surface area contributed by atoms with Crippen molar-refractivity contribution >= 4 is 79.1 Å². The molecule has 5 N–H and O–H groups in total. The van der Waals surface area contributed by atoms with Crippen LogP contribution in [0, 0.1) is 0 Å². The summed E-state index contributed by atoms with van der Waals surface area (Å²) in [6.45, 7) is 0. The second-order valence-electron chi connectivity index (χ2n) is 7.43. The number of rotatable bonds is 6. The van der Waals surface area contributed by atoms with Gasteiger partial charge in [-0.05, 0) is 66.0 Å². The number of nitrogens with zero attached hydrogens (tertiary/aromatic N) is 2. The Kier molecular flexibility index (Phi) is 8.33. The molecule has 10 nitrogen and oxygen atoms in total. The minimum atomic E-state index is -4.79. The monoisotopic (exact) mass is 515 g/mol. The number of azo groups is 1. The number of fused-ring (bicyclic) bond motifs is 1. The van der Waals surface area contributed by atoms with Gasteiger partial charge in [0.2, 0.25) is 0 Å². The largest absolute Gasteiger partial charge is 0.505 e. The van der Waals surface area contributed by atoms with E-state index in [4.69, 9.17) is 10.5 Å². The molecular weight excluding hydrogens is 495 g/mol. The molecule has 4 rings (SSSR count). The number of methoxy groups -OCH3 is 1. The number of nitrogens with one attached hydrogen (secondary N) is 1. The smallest absolute Gasteiger partial charge is 0.296 e. The standard InChI is InChI=1S/C24H20N4O6S.Na/c1-34-20-5-3-2-4-19(20)27-28-22-21(35(31,32)33)13-15-12-17(10-11-18(15)23(22)29)26-24(30)14-6-8-16(25)9-7-14;/h2-13,29H,25H2,1H3,(H,26,30)(H,31,32,33);. The first-order valence-electron chi connectivity index (χ1n) is 10.2. The molecule has 0 fully saturated rings. The molecule has 12 heteroatoms. The van der Waals surface area contributed by atoms with Crippen LogP contribution in [-0.2, 0) is 10.1 Å². The molecule has 0 unspecified atom stereocenters. The summed E-state index contributed by atoms with van der Waals surface area (Å²) in [4.78, 5) is 11.9. The summed E-state index contributed by atoms with van der Waals surface area (Å²) >= 11 is 0. The maximum absolute atomic E-state index is 12.5. The number of carbonyl (C=O) groups excluding carboxylic acids is 1. The number of phenols is 1. The third-order valence-electron chi connectivity index (χ3n) is 5.10. The van der Waals surface area contributed by atoms with E-state index in [2.05, 4.69) is 15.5 Å². The Labute approximate surface area is 228 Å². The van der Waals surface area contributed by atoms with Crippen LogP contribution >= 0.6 is 0 Å². The van der Waals surface area contributed by atoms with Crippen LogP contribution in [0.3, 0.4) is 0 Å². The molecule has 1 amide bonds. The second kappa shape index (κ2) is 11.1. The number of hydrogen-bond donors (Lipinski definition) is 4. The molecule has 0 saturated heterocycles. The Morgan fingerprint density at radius 1 is 1.00 bits per heavy atom. The first-order valence-corrected chi connectivity index (χ1v) is 11.6. The molecule has 179 valence electrons. The predicted octanol–water partition coefficient (Wildman–Crippen LogP) is 4.67. The van der Waals surface area contributed by atoms with Crippen LogP contribution in [0.4, 0.5) is 22.7 Å². The van der Waals surface area contributed by atoms with Crippen molar-refractivity contribution in [1.82, 2.24) is 0 Å². The summed E-state index contributed by atoms with van der Waals surface area (Å²) in [5.74, 6) is -0.539. The fourth-order valence-corrected chi connectivity index (χ4v) is 4.03. The van der Waals surface area contributed by atoms with Crippen LogP contribution in [0.2, 0.25) is 0 Å². The molecule has 36 heavy (non-hydrogen) atoms. The summed E-state index contributed by atoms with van der Waals surface area (Å²) < 4.78 is 39.2. The fourth-order valence-electron chi connectivity index (χ4n) is 3.38. The summed E-state index contributed by atoms with van der Waals surface area (Å²) in [5, 5.41) is 21.9. The Hall–Kier alpha value is -3.48. The molecule has 0 atom stereocenters. The number of nitrogen functional groups attached to an aromatic ring is 1. The van der Waals surface area contributed by atoms with Gasteiger partial charge in [-0.3, -0.25) is 9.35 Å². The van der Waals surface area contributed by atoms with Crippen LogP contribution in [0.25, 0.3) is 10.8 Å². The van der Waals surface area contributed by atoms with Gasteiger partial charge >= 0.3 is 0 Å². The van der Waals surface area contributed by atoms with Crippen LogP contribution in [0.1, 0.15) is 10.4 Å². The molecule has 0 aromatic heterocycles. The van der Waals surface area contributed by atoms with Crippen molar-refractivity contribution in [3.8, 4) is 11.5 Å². The van der Waals surface area contributed by atoms with E-state index in [0.29, 0.717) is 22.7 Å². The molecule has 0 aliphatic heterocycles. The van der Waals surface area contributed by atoms with Gasteiger partial charge in [0.25, 0.3) is 16.0 Å². The average molecular weight is 516 g/mol. The van der Waals surface area contributed by atoms with E-state index in [0.717, 1.165) is 6.07 Å². The quantitative estimate of drug-likeness (QED) is 0.125. The Morgan fingerprint density at radius 2 is 1.69 bits per heavy atom. The summed E-state index contributed by atoms with van der Waals surface area (Å²) in [7, 11) is -3.36. The summed E-state index contributed by atoms with van der Waals surface area (Å²) in [6, 6.07) is 18.5. The maximum Gasteiger partial charge on any atom is 0.296 e. The van der Waals surface area contributed by atoms with Crippen LogP contribution in [0.15, 0.2) is 87.9 Å². The molecule has 4 aromatic rings. The molecule has 1 radical (unpaired) electrons. The Bertz CT molecular complexity index is 1570. The van der Waals surface area contributed by atoms with Crippen LogP contribution in [-0.4, -0.2) is 60.7 Å². The molecule has 0 aliphatic rings. The predicted molar refractivity (Wildman–Crippen MR) is 137 cm³/mol. The summed E-state index contributed by atoms with van der Waals surface area (Å²) in [6.07, 6.45) is 0. The third-order valence-corrected chi connectivity index (χ3v) is 5.97. The van der Waals surface area contributed by atoms with Gasteiger partial charge in [0, 0.05) is 51.9 Å². The number of nitrogens with two attached hydrogens (primary N) is 1. The van der Waals surface area contributed by atoms with Crippen molar-refractivity contribution in [2.75, 3.05) is 18.2 Å². The number of aromatic hydroxyl groups is 1. The number of para-hydroxylation sites is 1. The van der Waals surface area contributed by atoms with Gasteiger partial charge in [-0.2, -0.15) is 8.42 Å². The number of hydrogen-bond acceptors (Lipinski definition) is 8. The average Bonchev–Trinajstić information content (AvgIpc) is 2.83. The van der Waals surface area contributed by atoms with Crippen molar-refractivity contribution < 1.29 is 27.6 Å². The Balaban J connectivity index is 0.00000361. The molecule has 0 aliphatic carbocycles. The third kappa shape index (κ3) is 5.83. The van der Waals surface area contributed by atoms with Crippen molar-refractivity contribution in [2.45, 2.75) is 4.90 Å². The molecule has 0 saturated carbocycles. The van der Waals surface area contributed by atoms with Crippen LogP contribution in [0.5, 0.6) is 11.5 Å². The first kappa shape index (κ1) is 27.1. The Morgan fingerprint density at radius 3 is 2.36 bits per heavy atom. The zero-order valence-corrected chi connectivity index (χ0v) is 22.2. The number of phenolic OH excluding ortho intramolecular Hbond substituents is 1. The van der Waals surface area contributed by atoms with E-state index in [1.807, 2.05) is 0 Å². The van der Waals surface area contributed by atoms with Gasteiger partial charge in [0.15, 0.2) is 5.75 Å². The maximum atomic E-state index is 12.5. The van der Waals surface area contributed by atoms with Crippen molar-refractivity contribution in [1.29, 1.82) is 0 Å². The van der Waals surface area contributed by atoms with Gasteiger partial charge in [-0.25, -0.2) is 0 Å². The number of anilines is 2. The SMILES string of the molecule is COc1ccccc1N=Nc1c(S(=O)(=O)O)cc2cc(NC(=O)c3ccc(N)cc3)ccc2c1O.[Na]. The zero-order chi connectivity index (χ0) is 25.2. The second-order valence-corrected chi connectivity index (χ2v) is 8.82. The zero-order valence-electron chi connectivity index (χ0n) is 19.3. The topological polar surface area (TPSA) is 164 Å². The van der Waals surface area contributed by atoms with Crippen LogP contribution < -0.4 is 15.8 Å². The molecule has 0 bridgehead atoms. The number of amides is 1. The van der Waals surface area contributed by atoms with E-state index in [-0.39, 0.29) is 46.0 Å². The molecule has 0 spiro atoms. The molecule has 0 heterocycles. The number of benzene rings is 4. The van der Waals surface area contributed by atoms with E-state index >= 15 is 0 Å². The molecular formula is C24H20N4NaO6S. The summed E-state index contributed by atoms with van der Waals surface area (Å²) in [5.41, 5.74) is 6.71. The molecule has 4 aromatic carbocycles. The van der Waals surface area contributed by atoms with E-state index < -0.39 is 32.4 Å². The number of carbonyl (C=O) groups is 1. The van der Waals surface area contributed by atoms with Gasteiger partial charge in [0.05, 0.1) is 7.11 Å². The van der Waals surface area contributed by atoms with Gasteiger partial charge in [0.1, 0.15) is 22.0 Å². The van der Waals surface area contributed by atoms with Gasteiger partial charge in [-0.1, -0.05) is 12.1 Å².